The van der Waals surface area contributed by atoms with Gasteiger partial charge in [-0.2, -0.15) is 0 Å². The van der Waals surface area contributed by atoms with E-state index < -0.39 is 17.6 Å². The van der Waals surface area contributed by atoms with Crippen LogP contribution in [0.5, 0.6) is 0 Å². The van der Waals surface area contributed by atoms with Crippen LogP contribution in [0.3, 0.4) is 0 Å². The predicted octanol–water partition coefficient (Wildman–Crippen LogP) is 2.51. The molecule has 0 fully saturated rings. The second-order valence-electron chi connectivity index (χ2n) is 2.48. The summed E-state index contributed by atoms with van der Waals surface area (Å²) in [6.07, 6.45) is -4.38. The third kappa shape index (κ3) is 2.59. The van der Waals surface area contributed by atoms with E-state index in [2.05, 4.69) is 0 Å². The monoisotopic (exact) mass is 297 g/mol. The molecule has 0 bridgehead atoms. The molecule has 0 atom stereocenters. The first-order valence-electron chi connectivity index (χ1n) is 3.45. The zero-order chi connectivity index (χ0) is 10.1. The molecule has 1 rings (SSSR count). The van der Waals surface area contributed by atoms with E-state index in [1.54, 1.807) is 0 Å². The van der Waals surface area contributed by atoms with Gasteiger partial charge in [-0.1, -0.05) is 0 Å². The van der Waals surface area contributed by atoms with E-state index in [9.17, 15) is 17.6 Å². The molecule has 1 aromatic rings. The zero-order valence-electron chi connectivity index (χ0n) is 6.45. The minimum atomic E-state index is -4.38. The van der Waals surface area contributed by atoms with Crippen molar-refractivity contribution in [3.05, 3.63) is 35.1 Å². The van der Waals surface area contributed by atoms with Crippen LogP contribution in [0.15, 0.2) is 18.2 Å². The van der Waals surface area contributed by atoms with Crippen LogP contribution in [0, 0.1) is 5.82 Å². The summed E-state index contributed by atoms with van der Waals surface area (Å²) in [5.74, 6) is -0.565. The molecule has 0 saturated heterocycles. The molecule has 0 aromatic heterocycles. The van der Waals surface area contributed by atoms with Crippen molar-refractivity contribution in [3.8, 4) is 0 Å². The van der Waals surface area contributed by atoms with Crippen LogP contribution in [-0.2, 0) is 10.6 Å². The van der Waals surface area contributed by atoms with Gasteiger partial charge in [0.15, 0.2) is 0 Å². The van der Waals surface area contributed by atoms with Gasteiger partial charge in [-0.25, -0.2) is 0 Å². The van der Waals surface area contributed by atoms with Gasteiger partial charge in [0.1, 0.15) is 0 Å². The molecule has 0 amide bonds. The van der Waals surface area contributed by atoms with E-state index in [-0.39, 0.29) is 5.56 Å². The van der Waals surface area contributed by atoms with Gasteiger partial charge in [0.25, 0.3) is 0 Å². The number of alkyl halides is 3. The first-order valence-corrected chi connectivity index (χ1v) is 5.47. The van der Waals surface area contributed by atoms with Gasteiger partial charge in [-0.05, 0) is 0 Å². The number of rotatable bonds is 1. The van der Waals surface area contributed by atoms with Crippen LogP contribution in [0.2, 0.25) is 0 Å². The first-order chi connectivity index (χ1) is 5.95. The Kier molecular flexibility index (Phi) is 3.21. The summed E-state index contributed by atoms with van der Waals surface area (Å²) in [7, 11) is 0. The Bertz CT molecular complexity index is 306. The zero-order valence-corrected chi connectivity index (χ0v) is 9.31. The van der Waals surface area contributed by atoms with E-state index in [4.69, 9.17) is 0 Å². The minimum absolute atomic E-state index is 0.132. The normalized spacial score (nSPS) is 11.8. The second kappa shape index (κ2) is 3.86. The molecular formula is C8H5F4Sn. The van der Waals surface area contributed by atoms with Crippen molar-refractivity contribution >= 4 is 22.5 Å². The topological polar surface area (TPSA) is 0 Å². The Morgan fingerprint density at radius 1 is 1.23 bits per heavy atom. The summed E-state index contributed by atoms with van der Waals surface area (Å²) < 4.78 is 49.5. The summed E-state index contributed by atoms with van der Waals surface area (Å²) in [6.45, 7) is 0. The van der Waals surface area contributed by atoms with Crippen molar-refractivity contribution in [2.45, 2.75) is 10.6 Å². The second-order valence-corrected chi connectivity index (χ2v) is 3.49. The van der Waals surface area contributed by atoms with Crippen molar-refractivity contribution < 1.29 is 17.6 Å². The Morgan fingerprint density at radius 2 is 1.85 bits per heavy atom. The third-order valence-electron chi connectivity index (χ3n) is 1.56. The predicted molar refractivity (Wildman–Crippen MR) is 40.9 cm³/mol. The van der Waals surface area contributed by atoms with Crippen LogP contribution >= 0.6 is 0 Å². The number of benzene rings is 1. The van der Waals surface area contributed by atoms with Crippen LogP contribution < -0.4 is 0 Å². The van der Waals surface area contributed by atoms with Gasteiger partial charge < -0.3 is 0 Å². The first kappa shape index (κ1) is 10.8. The Hall–Kier alpha value is -0.261. The molecular weight excluding hydrogens is 291 g/mol. The maximum absolute atomic E-state index is 12.8. The van der Waals surface area contributed by atoms with E-state index in [1.807, 2.05) is 0 Å². The van der Waals surface area contributed by atoms with Crippen molar-refractivity contribution in [3.63, 3.8) is 0 Å². The van der Waals surface area contributed by atoms with Gasteiger partial charge in [-0.3, -0.25) is 0 Å². The van der Waals surface area contributed by atoms with E-state index in [0.29, 0.717) is 4.44 Å². The summed E-state index contributed by atoms with van der Waals surface area (Å²) in [5.41, 5.74) is -0.653. The molecule has 0 nitrogen and oxygen atoms in total. The number of halogens is 4. The summed E-state index contributed by atoms with van der Waals surface area (Å²) in [4.78, 5) is 0. The molecule has 0 aliphatic rings. The van der Waals surface area contributed by atoms with Gasteiger partial charge in [0.05, 0.1) is 0 Å². The molecule has 0 heterocycles. The molecule has 0 spiro atoms. The van der Waals surface area contributed by atoms with Crippen molar-refractivity contribution in [1.29, 1.82) is 0 Å². The average molecular weight is 296 g/mol. The number of hydrogen-bond acceptors (Lipinski definition) is 0. The average Bonchev–Trinajstić information content (AvgIpc) is 2.03. The maximum atomic E-state index is 12.8. The van der Waals surface area contributed by atoms with Crippen molar-refractivity contribution in [2.75, 3.05) is 0 Å². The van der Waals surface area contributed by atoms with Gasteiger partial charge in [0.2, 0.25) is 0 Å². The van der Waals surface area contributed by atoms with Crippen LogP contribution in [0.4, 0.5) is 17.6 Å². The van der Waals surface area contributed by atoms with Crippen molar-refractivity contribution in [2.24, 2.45) is 0 Å². The summed E-state index contributed by atoms with van der Waals surface area (Å²) in [6, 6.07) is 2.48. The van der Waals surface area contributed by atoms with Gasteiger partial charge in [-0.15, -0.1) is 0 Å². The Morgan fingerprint density at radius 3 is 2.31 bits per heavy atom. The molecule has 0 unspecified atom stereocenters. The third-order valence-corrected chi connectivity index (χ3v) is 2.65. The molecule has 1 aromatic carbocycles. The van der Waals surface area contributed by atoms with Crippen LogP contribution in [0.1, 0.15) is 11.1 Å². The van der Waals surface area contributed by atoms with E-state index in [1.165, 1.54) is 0 Å². The molecule has 0 saturated carbocycles. The molecule has 0 aliphatic heterocycles. The Labute approximate surface area is 86.0 Å². The van der Waals surface area contributed by atoms with Crippen molar-refractivity contribution in [1.82, 2.24) is 0 Å². The number of hydrogen-bond donors (Lipinski definition) is 0. The molecule has 0 N–H and O–H groups in total. The van der Waals surface area contributed by atoms with Crippen LogP contribution in [0.25, 0.3) is 0 Å². The van der Waals surface area contributed by atoms with Gasteiger partial charge in [0, 0.05) is 0 Å². The van der Waals surface area contributed by atoms with E-state index >= 15 is 0 Å². The summed E-state index contributed by atoms with van der Waals surface area (Å²) in [5, 5.41) is 0. The fraction of sp³-hybridized carbons (Fsp3) is 0.250. The Balaban J connectivity index is 3.14. The quantitative estimate of drug-likeness (QED) is 0.552. The molecule has 0 aliphatic carbocycles. The van der Waals surface area contributed by atoms with Crippen LogP contribution in [-0.4, -0.2) is 22.5 Å². The SMILES string of the molecule is Fc1ccc(C(F)(F)F)cc1[CH2][Sn]. The molecule has 3 radical (unpaired) electrons. The molecule has 13 heavy (non-hydrogen) atoms. The summed E-state index contributed by atoms with van der Waals surface area (Å²) >= 11 is 0.989. The molecule has 5 heteroatoms. The standard InChI is InChI=1S/C8H5F4.Sn/c1-5-4-6(8(10,11)12)2-3-7(5)9;/h2-4H,1H2;. The fourth-order valence-corrected chi connectivity index (χ4v) is 1.66. The molecule has 69 valence electrons. The van der Waals surface area contributed by atoms with Gasteiger partial charge >= 0.3 is 85.8 Å². The van der Waals surface area contributed by atoms with E-state index in [0.717, 1.165) is 40.7 Å². The fourth-order valence-electron chi connectivity index (χ4n) is 0.887.